The van der Waals surface area contributed by atoms with Crippen molar-refractivity contribution in [2.75, 3.05) is 4.43 Å². The molecule has 0 saturated heterocycles. The summed E-state index contributed by atoms with van der Waals surface area (Å²) in [7, 11) is 0. The third kappa shape index (κ3) is 3.85. The van der Waals surface area contributed by atoms with Crippen molar-refractivity contribution in [1.29, 1.82) is 0 Å². The van der Waals surface area contributed by atoms with Gasteiger partial charge in [0.05, 0.1) is 5.56 Å². The second kappa shape index (κ2) is 5.01. The summed E-state index contributed by atoms with van der Waals surface area (Å²) in [6.07, 6.45) is -3.76. The lowest BCUT2D eigenvalue weighted by atomic mass is 10.0. The normalized spacial score (nSPS) is 11.5. The Labute approximate surface area is 100 Å². The quantitative estimate of drug-likeness (QED) is 0.443. The highest BCUT2D eigenvalue weighted by Crippen LogP contribution is 2.29. The lowest BCUT2D eigenvalue weighted by Crippen LogP contribution is -2.05. The Morgan fingerprint density at radius 1 is 1.33 bits per heavy atom. The first-order valence-electron chi connectivity index (χ1n) is 4.32. The summed E-state index contributed by atoms with van der Waals surface area (Å²) in [5.74, 6) is 0. The second-order valence-electron chi connectivity index (χ2n) is 3.26. The molecule has 0 radical (unpaired) electrons. The van der Waals surface area contributed by atoms with Crippen molar-refractivity contribution in [3.05, 3.63) is 47.5 Å². The van der Waals surface area contributed by atoms with Gasteiger partial charge in [0.1, 0.15) is 0 Å². The predicted octanol–water partition coefficient (Wildman–Crippen LogP) is 4.24. The van der Waals surface area contributed by atoms with Crippen molar-refractivity contribution in [3.8, 4) is 0 Å². The van der Waals surface area contributed by atoms with Gasteiger partial charge in [-0.05, 0) is 18.1 Å². The van der Waals surface area contributed by atoms with Crippen LogP contribution in [0.4, 0.5) is 13.2 Å². The number of alkyl halides is 4. The number of rotatable bonds is 3. The van der Waals surface area contributed by atoms with Crippen molar-refractivity contribution < 1.29 is 13.2 Å². The smallest absolute Gasteiger partial charge is 0.166 e. The molecule has 1 aromatic rings. The van der Waals surface area contributed by atoms with Crippen LogP contribution in [0, 0.1) is 0 Å². The van der Waals surface area contributed by atoms with Crippen molar-refractivity contribution in [1.82, 2.24) is 0 Å². The van der Waals surface area contributed by atoms with Crippen molar-refractivity contribution >= 4 is 22.6 Å². The molecule has 82 valence electrons. The fourth-order valence-corrected chi connectivity index (χ4v) is 1.46. The van der Waals surface area contributed by atoms with Crippen LogP contribution in [0.5, 0.6) is 0 Å². The Bertz CT molecular complexity index is 355. The van der Waals surface area contributed by atoms with Gasteiger partial charge in [0.25, 0.3) is 0 Å². The van der Waals surface area contributed by atoms with Crippen LogP contribution < -0.4 is 0 Å². The van der Waals surface area contributed by atoms with E-state index in [1.807, 2.05) is 0 Å². The molecule has 0 spiro atoms. The van der Waals surface area contributed by atoms with Gasteiger partial charge in [-0.2, -0.15) is 13.2 Å². The van der Waals surface area contributed by atoms with Gasteiger partial charge in [0, 0.05) is 4.43 Å². The molecule has 0 saturated carbocycles. The first-order valence-corrected chi connectivity index (χ1v) is 5.85. The molecular formula is C11H10F3I. The van der Waals surface area contributed by atoms with E-state index in [0.29, 0.717) is 12.0 Å². The van der Waals surface area contributed by atoms with E-state index in [9.17, 15) is 13.2 Å². The monoisotopic (exact) mass is 326 g/mol. The van der Waals surface area contributed by atoms with E-state index in [4.69, 9.17) is 0 Å². The van der Waals surface area contributed by atoms with Gasteiger partial charge in [-0.3, -0.25) is 0 Å². The molecule has 0 aromatic heterocycles. The number of allylic oxidation sites excluding steroid dienone is 1. The van der Waals surface area contributed by atoms with Crippen LogP contribution in [-0.2, 0) is 12.6 Å². The standard InChI is InChI=1S/C11H10F3I/c1-8(7-15)5-9-3-2-4-10(6-9)11(12,13)14/h2-4,6H,1,5,7H2. The molecule has 0 atom stereocenters. The Morgan fingerprint density at radius 2 is 2.00 bits per heavy atom. The number of hydrogen-bond donors (Lipinski definition) is 0. The summed E-state index contributed by atoms with van der Waals surface area (Å²) >= 11 is 2.14. The van der Waals surface area contributed by atoms with Crippen LogP contribution in [0.25, 0.3) is 0 Å². The fourth-order valence-electron chi connectivity index (χ4n) is 1.19. The van der Waals surface area contributed by atoms with Crippen LogP contribution in [0.2, 0.25) is 0 Å². The first kappa shape index (κ1) is 12.5. The maximum Gasteiger partial charge on any atom is 0.416 e. The van der Waals surface area contributed by atoms with Crippen molar-refractivity contribution in [2.45, 2.75) is 12.6 Å². The van der Waals surface area contributed by atoms with Crippen LogP contribution in [0.1, 0.15) is 11.1 Å². The Kier molecular flexibility index (Phi) is 4.19. The van der Waals surface area contributed by atoms with E-state index in [1.165, 1.54) is 12.1 Å². The summed E-state index contributed by atoms with van der Waals surface area (Å²) < 4.78 is 37.8. The van der Waals surface area contributed by atoms with Crippen LogP contribution >= 0.6 is 22.6 Å². The molecule has 0 amide bonds. The number of hydrogen-bond acceptors (Lipinski definition) is 0. The average molecular weight is 326 g/mol. The molecule has 0 N–H and O–H groups in total. The molecule has 0 aliphatic heterocycles. The minimum absolute atomic E-state index is 0.507. The molecule has 1 aromatic carbocycles. The van der Waals surface area contributed by atoms with Gasteiger partial charge < -0.3 is 0 Å². The van der Waals surface area contributed by atoms with E-state index in [0.717, 1.165) is 16.1 Å². The predicted molar refractivity (Wildman–Crippen MR) is 63.2 cm³/mol. The molecular weight excluding hydrogens is 316 g/mol. The Morgan fingerprint density at radius 3 is 2.53 bits per heavy atom. The highest BCUT2D eigenvalue weighted by atomic mass is 127. The minimum atomic E-state index is -4.26. The van der Waals surface area contributed by atoms with E-state index in [2.05, 4.69) is 29.2 Å². The van der Waals surface area contributed by atoms with Gasteiger partial charge in [-0.15, -0.1) is 0 Å². The Balaban J connectivity index is 2.88. The maximum absolute atomic E-state index is 12.4. The highest BCUT2D eigenvalue weighted by molar-refractivity contribution is 14.1. The summed E-state index contributed by atoms with van der Waals surface area (Å²) in [6.45, 7) is 3.77. The van der Waals surface area contributed by atoms with E-state index < -0.39 is 11.7 Å². The molecule has 0 fully saturated rings. The van der Waals surface area contributed by atoms with Crippen LogP contribution in [0.15, 0.2) is 36.4 Å². The summed E-state index contributed by atoms with van der Waals surface area (Å²) in [6, 6.07) is 5.37. The summed E-state index contributed by atoms with van der Waals surface area (Å²) in [4.78, 5) is 0. The van der Waals surface area contributed by atoms with Gasteiger partial charge in [-0.25, -0.2) is 0 Å². The minimum Gasteiger partial charge on any atom is -0.166 e. The summed E-state index contributed by atoms with van der Waals surface area (Å²) in [5, 5.41) is 0. The zero-order valence-electron chi connectivity index (χ0n) is 7.94. The van der Waals surface area contributed by atoms with Crippen molar-refractivity contribution in [3.63, 3.8) is 0 Å². The van der Waals surface area contributed by atoms with Gasteiger partial charge in [0.2, 0.25) is 0 Å². The molecule has 0 unspecified atom stereocenters. The third-order valence-electron chi connectivity index (χ3n) is 1.90. The Hall–Kier alpha value is -0.520. The largest absolute Gasteiger partial charge is 0.416 e. The van der Waals surface area contributed by atoms with Gasteiger partial charge in [0.15, 0.2) is 0 Å². The third-order valence-corrected chi connectivity index (χ3v) is 2.98. The van der Waals surface area contributed by atoms with E-state index in [-0.39, 0.29) is 0 Å². The molecule has 0 bridgehead atoms. The van der Waals surface area contributed by atoms with Crippen molar-refractivity contribution in [2.24, 2.45) is 0 Å². The fraction of sp³-hybridized carbons (Fsp3) is 0.273. The van der Waals surface area contributed by atoms with Crippen LogP contribution in [-0.4, -0.2) is 4.43 Å². The highest BCUT2D eigenvalue weighted by Gasteiger charge is 2.30. The molecule has 0 nitrogen and oxygen atoms in total. The van der Waals surface area contributed by atoms with Gasteiger partial charge in [-0.1, -0.05) is 52.9 Å². The van der Waals surface area contributed by atoms with Crippen LogP contribution in [0.3, 0.4) is 0 Å². The molecule has 1 rings (SSSR count). The van der Waals surface area contributed by atoms with E-state index >= 15 is 0 Å². The zero-order chi connectivity index (χ0) is 11.5. The molecule has 0 heterocycles. The maximum atomic E-state index is 12.4. The molecule has 4 heteroatoms. The second-order valence-corrected chi connectivity index (χ2v) is 4.02. The SMILES string of the molecule is C=C(CI)Cc1cccc(C(F)(F)F)c1. The molecule has 15 heavy (non-hydrogen) atoms. The van der Waals surface area contributed by atoms with E-state index in [1.54, 1.807) is 6.07 Å². The molecule has 0 aliphatic carbocycles. The topological polar surface area (TPSA) is 0 Å². The van der Waals surface area contributed by atoms with Gasteiger partial charge >= 0.3 is 6.18 Å². The summed E-state index contributed by atoms with van der Waals surface area (Å²) in [5.41, 5.74) is 0.989. The number of halogens is 4. The zero-order valence-corrected chi connectivity index (χ0v) is 10.1. The number of benzene rings is 1. The average Bonchev–Trinajstić information content (AvgIpc) is 2.17. The first-order chi connectivity index (χ1) is 6.93. The lowest BCUT2D eigenvalue weighted by Gasteiger charge is -2.08. The molecule has 0 aliphatic rings. The lowest BCUT2D eigenvalue weighted by molar-refractivity contribution is -0.137.